The van der Waals surface area contributed by atoms with E-state index < -0.39 is 0 Å². The second kappa shape index (κ2) is 8.37. The fourth-order valence-corrected chi connectivity index (χ4v) is 2.63. The van der Waals surface area contributed by atoms with Crippen molar-refractivity contribution in [2.45, 2.75) is 26.2 Å². The van der Waals surface area contributed by atoms with Gasteiger partial charge in [-0.1, -0.05) is 26.0 Å². The number of amides is 1. The molecule has 1 unspecified atom stereocenters. The molecule has 4 nitrogen and oxygen atoms in total. The first-order chi connectivity index (χ1) is 9.58. The Morgan fingerprint density at radius 3 is 2.86 bits per heavy atom. The molecule has 1 aromatic rings. The van der Waals surface area contributed by atoms with Crippen molar-refractivity contribution in [2.24, 2.45) is 11.7 Å². The minimum absolute atomic E-state index is 0. The fourth-order valence-electron chi connectivity index (χ4n) is 2.63. The molecule has 1 aliphatic heterocycles. The third kappa shape index (κ3) is 5.30. The SMILES string of the molecule is CC(C)c1cccc(NC(=O)CN2CCC(CN)C2)c1.Cl. The number of halogens is 1. The Morgan fingerprint density at radius 2 is 2.24 bits per heavy atom. The normalized spacial score (nSPS) is 18.6. The number of hydrogen-bond acceptors (Lipinski definition) is 3. The summed E-state index contributed by atoms with van der Waals surface area (Å²) in [4.78, 5) is 14.2. The Hall–Kier alpha value is -1.10. The smallest absolute Gasteiger partial charge is 0.238 e. The number of carbonyl (C=O) groups is 1. The minimum atomic E-state index is 0. The van der Waals surface area contributed by atoms with E-state index in [2.05, 4.69) is 36.2 Å². The summed E-state index contributed by atoms with van der Waals surface area (Å²) >= 11 is 0. The van der Waals surface area contributed by atoms with Crippen LogP contribution in [-0.2, 0) is 4.79 Å². The summed E-state index contributed by atoms with van der Waals surface area (Å²) in [5, 5.41) is 2.99. The van der Waals surface area contributed by atoms with Crippen LogP contribution >= 0.6 is 12.4 Å². The first kappa shape index (κ1) is 18.0. The molecule has 1 saturated heterocycles. The standard InChI is InChI=1S/C16H25N3O.ClH/c1-12(2)14-4-3-5-15(8-14)18-16(20)11-19-7-6-13(9-17)10-19;/h3-5,8,12-13H,6-7,9-11,17H2,1-2H3,(H,18,20);1H. The van der Waals surface area contributed by atoms with Crippen LogP contribution in [0.5, 0.6) is 0 Å². The van der Waals surface area contributed by atoms with Crippen LogP contribution in [0.2, 0.25) is 0 Å². The van der Waals surface area contributed by atoms with Crippen molar-refractivity contribution < 1.29 is 4.79 Å². The van der Waals surface area contributed by atoms with Gasteiger partial charge in [-0.15, -0.1) is 12.4 Å². The Bertz CT molecular complexity index is 465. The molecule has 1 aliphatic rings. The van der Waals surface area contributed by atoms with Crippen LogP contribution in [0.25, 0.3) is 0 Å². The van der Waals surface area contributed by atoms with Crippen molar-refractivity contribution in [3.05, 3.63) is 29.8 Å². The van der Waals surface area contributed by atoms with Gasteiger partial charge in [-0.2, -0.15) is 0 Å². The lowest BCUT2D eigenvalue weighted by molar-refractivity contribution is -0.117. The number of benzene rings is 1. The lowest BCUT2D eigenvalue weighted by atomic mass is 10.0. The summed E-state index contributed by atoms with van der Waals surface area (Å²) in [5.74, 6) is 1.08. The molecule has 21 heavy (non-hydrogen) atoms. The number of anilines is 1. The van der Waals surface area contributed by atoms with Crippen LogP contribution in [0.4, 0.5) is 5.69 Å². The van der Waals surface area contributed by atoms with Crippen molar-refractivity contribution >= 4 is 24.0 Å². The third-order valence-corrected chi connectivity index (χ3v) is 3.91. The zero-order chi connectivity index (χ0) is 14.5. The zero-order valence-corrected chi connectivity index (χ0v) is 13.7. The highest BCUT2D eigenvalue weighted by Crippen LogP contribution is 2.19. The molecule has 0 spiro atoms. The maximum Gasteiger partial charge on any atom is 0.238 e. The first-order valence-electron chi connectivity index (χ1n) is 7.40. The molecule has 0 saturated carbocycles. The molecule has 1 amide bonds. The number of nitrogens with two attached hydrogens (primary N) is 1. The number of rotatable bonds is 5. The topological polar surface area (TPSA) is 58.4 Å². The molecule has 1 aromatic carbocycles. The highest BCUT2D eigenvalue weighted by Gasteiger charge is 2.22. The number of nitrogens with zero attached hydrogens (tertiary/aromatic N) is 1. The molecule has 1 fully saturated rings. The fraction of sp³-hybridized carbons (Fsp3) is 0.562. The van der Waals surface area contributed by atoms with Crippen molar-refractivity contribution in [3.8, 4) is 0 Å². The predicted octanol–water partition coefficient (Wildman–Crippen LogP) is 2.45. The van der Waals surface area contributed by atoms with Gasteiger partial charge in [0, 0.05) is 12.2 Å². The second-order valence-electron chi connectivity index (χ2n) is 5.95. The van der Waals surface area contributed by atoms with E-state index in [4.69, 9.17) is 5.73 Å². The van der Waals surface area contributed by atoms with Gasteiger partial charge in [0.25, 0.3) is 0 Å². The molecular weight excluding hydrogens is 286 g/mol. The molecule has 1 atom stereocenters. The molecule has 1 heterocycles. The molecular formula is C16H26ClN3O. The van der Waals surface area contributed by atoms with Crippen molar-refractivity contribution in [3.63, 3.8) is 0 Å². The Kier molecular flexibility index (Phi) is 7.15. The van der Waals surface area contributed by atoms with Gasteiger partial charge in [-0.25, -0.2) is 0 Å². The lowest BCUT2D eigenvalue weighted by Gasteiger charge is -2.16. The number of hydrogen-bond donors (Lipinski definition) is 2. The number of nitrogens with one attached hydrogen (secondary N) is 1. The average Bonchev–Trinajstić information content (AvgIpc) is 2.86. The summed E-state index contributed by atoms with van der Waals surface area (Å²) in [7, 11) is 0. The predicted molar refractivity (Wildman–Crippen MR) is 90.0 cm³/mol. The summed E-state index contributed by atoms with van der Waals surface area (Å²) in [6.07, 6.45) is 1.10. The second-order valence-corrected chi connectivity index (χ2v) is 5.95. The van der Waals surface area contributed by atoms with E-state index in [1.165, 1.54) is 5.56 Å². The molecule has 2 rings (SSSR count). The molecule has 0 aromatic heterocycles. The largest absolute Gasteiger partial charge is 0.330 e. The van der Waals surface area contributed by atoms with Crippen molar-refractivity contribution in [1.82, 2.24) is 4.90 Å². The lowest BCUT2D eigenvalue weighted by Crippen LogP contribution is -2.32. The van der Waals surface area contributed by atoms with Crippen LogP contribution < -0.4 is 11.1 Å². The van der Waals surface area contributed by atoms with Gasteiger partial charge >= 0.3 is 0 Å². The Labute approximate surface area is 133 Å². The highest BCUT2D eigenvalue weighted by atomic mass is 35.5. The molecule has 118 valence electrons. The quantitative estimate of drug-likeness (QED) is 0.878. The van der Waals surface area contributed by atoms with E-state index in [-0.39, 0.29) is 18.3 Å². The van der Waals surface area contributed by atoms with Crippen LogP contribution in [0.1, 0.15) is 31.7 Å². The maximum atomic E-state index is 12.1. The van der Waals surface area contributed by atoms with E-state index in [0.29, 0.717) is 24.9 Å². The van der Waals surface area contributed by atoms with Crippen LogP contribution in [0.15, 0.2) is 24.3 Å². The van der Waals surface area contributed by atoms with E-state index in [1.54, 1.807) is 0 Å². The molecule has 3 N–H and O–H groups in total. The monoisotopic (exact) mass is 311 g/mol. The minimum Gasteiger partial charge on any atom is -0.330 e. The summed E-state index contributed by atoms with van der Waals surface area (Å²) in [5.41, 5.74) is 7.80. The van der Waals surface area contributed by atoms with E-state index in [1.807, 2.05) is 12.1 Å². The van der Waals surface area contributed by atoms with Crippen molar-refractivity contribution in [1.29, 1.82) is 0 Å². The van der Waals surface area contributed by atoms with E-state index in [9.17, 15) is 4.79 Å². The molecule has 5 heteroatoms. The number of likely N-dealkylation sites (tertiary alicyclic amines) is 1. The van der Waals surface area contributed by atoms with Gasteiger partial charge in [-0.05, 0) is 49.0 Å². The summed E-state index contributed by atoms with van der Waals surface area (Å²) in [6, 6.07) is 8.07. The van der Waals surface area contributed by atoms with Crippen molar-refractivity contribution in [2.75, 3.05) is 31.5 Å². The van der Waals surface area contributed by atoms with E-state index in [0.717, 1.165) is 25.2 Å². The van der Waals surface area contributed by atoms with Crippen LogP contribution in [0.3, 0.4) is 0 Å². The van der Waals surface area contributed by atoms with Gasteiger partial charge in [0.05, 0.1) is 6.54 Å². The van der Waals surface area contributed by atoms with E-state index >= 15 is 0 Å². The van der Waals surface area contributed by atoms with Gasteiger partial charge in [0.2, 0.25) is 5.91 Å². The molecule has 0 bridgehead atoms. The van der Waals surface area contributed by atoms with Gasteiger partial charge in [-0.3, -0.25) is 9.69 Å². The zero-order valence-electron chi connectivity index (χ0n) is 12.8. The van der Waals surface area contributed by atoms with Gasteiger partial charge < -0.3 is 11.1 Å². The summed E-state index contributed by atoms with van der Waals surface area (Å²) < 4.78 is 0. The Balaban J connectivity index is 0.00000220. The van der Waals surface area contributed by atoms with Gasteiger partial charge in [0.1, 0.15) is 0 Å². The van der Waals surface area contributed by atoms with Crippen LogP contribution in [-0.4, -0.2) is 37.0 Å². The van der Waals surface area contributed by atoms with Gasteiger partial charge in [0.15, 0.2) is 0 Å². The Morgan fingerprint density at radius 1 is 1.48 bits per heavy atom. The number of carbonyl (C=O) groups excluding carboxylic acids is 1. The highest BCUT2D eigenvalue weighted by molar-refractivity contribution is 5.92. The molecule has 0 radical (unpaired) electrons. The summed E-state index contributed by atoms with van der Waals surface area (Å²) in [6.45, 7) is 7.39. The molecule has 0 aliphatic carbocycles. The average molecular weight is 312 g/mol. The third-order valence-electron chi connectivity index (χ3n) is 3.91. The maximum absolute atomic E-state index is 12.1. The van der Waals surface area contributed by atoms with Crippen LogP contribution in [0, 0.1) is 5.92 Å². The first-order valence-corrected chi connectivity index (χ1v) is 7.40.